The number of ether oxygens (including phenoxy) is 1. The third kappa shape index (κ3) is 7.00. The Morgan fingerprint density at radius 3 is 2.33 bits per heavy atom. The Hall–Kier alpha value is -2.97. The van der Waals surface area contributed by atoms with Crippen LogP contribution in [-0.4, -0.2) is 49.8 Å². The summed E-state index contributed by atoms with van der Waals surface area (Å²) in [4.78, 5) is 25.9. The van der Waals surface area contributed by atoms with Crippen molar-refractivity contribution in [3.63, 3.8) is 0 Å². The number of carbonyl (C=O) groups is 2. The second kappa shape index (κ2) is 11.8. The van der Waals surface area contributed by atoms with E-state index in [-0.39, 0.29) is 25.3 Å². The van der Waals surface area contributed by atoms with Crippen LogP contribution in [0.5, 0.6) is 0 Å². The highest BCUT2D eigenvalue weighted by molar-refractivity contribution is 7.88. The van der Waals surface area contributed by atoms with Gasteiger partial charge in [-0.3, -0.25) is 4.79 Å². The molecule has 0 bridgehead atoms. The molecule has 7 nitrogen and oxygen atoms in total. The number of esters is 1. The van der Waals surface area contributed by atoms with Crippen LogP contribution in [0.15, 0.2) is 73.3 Å². The van der Waals surface area contributed by atoms with Gasteiger partial charge in [0.1, 0.15) is 18.7 Å². The number of amides is 1. The number of hydrogen-bond donors (Lipinski definition) is 1. The fourth-order valence-electron chi connectivity index (χ4n) is 3.92. The molecule has 0 saturated carbocycles. The topological polar surface area (TPSA) is 92.8 Å². The maximum atomic E-state index is 13.2. The minimum absolute atomic E-state index is 0.0288. The van der Waals surface area contributed by atoms with Crippen molar-refractivity contribution in [3.05, 3.63) is 84.4 Å². The number of nitrogens with one attached hydrogen (secondary N) is 1. The van der Waals surface area contributed by atoms with Crippen molar-refractivity contribution >= 4 is 21.9 Å². The number of benzene rings is 2. The standard InChI is InChI=1S/C25H30N2O5S/c1-2-17-32-25(29)22(18-20-11-5-3-6-12-20)26-24(28)23-15-9-10-16-27(23)33(30,31)19-21-13-7-4-8-14-21/h2-8,11-14,22-23H,1,9-10,15-19H2,(H,26,28)/t22-,23-/m0/s1. The normalized spacial score (nSPS) is 17.6. The van der Waals surface area contributed by atoms with Crippen LogP contribution in [0, 0.1) is 0 Å². The van der Waals surface area contributed by atoms with Crippen LogP contribution in [0.25, 0.3) is 0 Å². The first kappa shape index (κ1) is 24.7. The molecule has 1 aliphatic heterocycles. The summed E-state index contributed by atoms with van der Waals surface area (Å²) in [6.07, 6.45) is 3.52. The zero-order valence-electron chi connectivity index (χ0n) is 18.6. The zero-order chi connectivity index (χ0) is 23.7. The van der Waals surface area contributed by atoms with Crippen molar-refractivity contribution in [1.82, 2.24) is 9.62 Å². The molecule has 0 aromatic heterocycles. The molecule has 2 aromatic carbocycles. The molecule has 1 N–H and O–H groups in total. The number of nitrogens with zero attached hydrogens (tertiary/aromatic N) is 1. The molecule has 1 aliphatic rings. The average molecular weight is 471 g/mol. The molecular weight excluding hydrogens is 440 g/mol. The van der Waals surface area contributed by atoms with Gasteiger partial charge in [-0.15, -0.1) is 0 Å². The summed E-state index contributed by atoms with van der Waals surface area (Å²) in [5.41, 5.74) is 1.52. The van der Waals surface area contributed by atoms with E-state index in [1.54, 1.807) is 24.3 Å². The van der Waals surface area contributed by atoms with E-state index in [4.69, 9.17) is 4.74 Å². The van der Waals surface area contributed by atoms with E-state index < -0.39 is 34.0 Å². The van der Waals surface area contributed by atoms with Gasteiger partial charge in [-0.05, 0) is 24.0 Å². The second-order valence-electron chi connectivity index (χ2n) is 8.03. The van der Waals surface area contributed by atoms with Crippen LogP contribution in [0.1, 0.15) is 30.4 Å². The zero-order valence-corrected chi connectivity index (χ0v) is 19.4. The molecule has 0 radical (unpaired) electrons. The second-order valence-corrected chi connectivity index (χ2v) is 9.96. The molecule has 1 amide bonds. The maximum absolute atomic E-state index is 13.2. The smallest absolute Gasteiger partial charge is 0.329 e. The van der Waals surface area contributed by atoms with Crippen molar-refractivity contribution in [1.29, 1.82) is 0 Å². The molecule has 33 heavy (non-hydrogen) atoms. The van der Waals surface area contributed by atoms with Gasteiger partial charge in [-0.1, -0.05) is 79.7 Å². The summed E-state index contributed by atoms with van der Waals surface area (Å²) in [6.45, 7) is 3.85. The summed E-state index contributed by atoms with van der Waals surface area (Å²) in [5.74, 6) is -1.24. The van der Waals surface area contributed by atoms with Crippen molar-refractivity contribution in [2.75, 3.05) is 13.2 Å². The molecule has 1 fully saturated rings. The molecule has 0 aliphatic carbocycles. The number of rotatable bonds is 10. The van der Waals surface area contributed by atoms with Crippen LogP contribution in [0.3, 0.4) is 0 Å². The summed E-state index contributed by atoms with van der Waals surface area (Å²) < 4.78 is 32.8. The lowest BCUT2D eigenvalue weighted by Crippen LogP contribution is -2.55. The van der Waals surface area contributed by atoms with E-state index in [0.717, 1.165) is 12.0 Å². The third-order valence-electron chi connectivity index (χ3n) is 5.53. The minimum atomic E-state index is -3.72. The lowest BCUT2D eigenvalue weighted by atomic mass is 10.0. The average Bonchev–Trinajstić information content (AvgIpc) is 2.83. The van der Waals surface area contributed by atoms with Gasteiger partial charge in [0, 0.05) is 13.0 Å². The van der Waals surface area contributed by atoms with E-state index in [0.29, 0.717) is 18.4 Å². The van der Waals surface area contributed by atoms with E-state index in [9.17, 15) is 18.0 Å². The van der Waals surface area contributed by atoms with Crippen LogP contribution in [0.2, 0.25) is 0 Å². The Kier molecular flexibility index (Phi) is 8.79. The fourth-order valence-corrected chi connectivity index (χ4v) is 5.70. The van der Waals surface area contributed by atoms with Gasteiger partial charge in [0.15, 0.2) is 0 Å². The van der Waals surface area contributed by atoms with Gasteiger partial charge in [0.25, 0.3) is 0 Å². The first-order valence-electron chi connectivity index (χ1n) is 11.1. The summed E-state index contributed by atoms with van der Waals surface area (Å²) in [7, 11) is -3.72. The molecule has 3 rings (SSSR count). The van der Waals surface area contributed by atoms with E-state index in [2.05, 4.69) is 11.9 Å². The molecule has 1 saturated heterocycles. The van der Waals surface area contributed by atoms with Gasteiger partial charge in [-0.2, -0.15) is 4.31 Å². The van der Waals surface area contributed by atoms with Crippen molar-refractivity contribution in [2.45, 2.75) is 43.5 Å². The molecule has 2 aromatic rings. The first-order valence-corrected chi connectivity index (χ1v) is 12.7. The highest BCUT2D eigenvalue weighted by Gasteiger charge is 2.38. The first-order chi connectivity index (χ1) is 15.9. The fraction of sp³-hybridized carbons (Fsp3) is 0.360. The molecule has 176 valence electrons. The molecule has 1 heterocycles. The Bertz CT molecular complexity index is 1040. The van der Waals surface area contributed by atoms with Gasteiger partial charge in [-0.25, -0.2) is 13.2 Å². The highest BCUT2D eigenvalue weighted by Crippen LogP contribution is 2.23. The predicted octanol–water partition coefficient (Wildman–Crippen LogP) is 2.83. The number of sulfonamides is 1. The Balaban J connectivity index is 1.76. The highest BCUT2D eigenvalue weighted by atomic mass is 32.2. The van der Waals surface area contributed by atoms with Crippen LogP contribution < -0.4 is 5.32 Å². The lowest BCUT2D eigenvalue weighted by Gasteiger charge is -2.34. The maximum Gasteiger partial charge on any atom is 0.329 e. The minimum Gasteiger partial charge on any atom is -0.460 e. The summed E-state index contributed by atoms with van der Waals surface area (Å²) >= 11 is 0. The molecule has 2 atom stereocenters. The van der Waals surface area contributed by atoms with Crippen LogP contribution in [0.4, 0.5) is 0 Å². The van der Waals surface area contributed by atoms with Gasteiger partial charge < -0.3 is 10.1 Å². The van der Waals surface area contributed by atoms with E-state index >= 15 is 0 Å². The molecule has 0 unspecified atom stereocenters. The van der Waals surface area contributed by atoms with E-state index in [1.165, 1.54) is 10.4 Å². The van der Waals surface area contributed by atoms with Gasteiger partial charge in [0.2, 0.25) is 15.9 Å². The van der Waals surface area contributed by atoms with Crippen LogP contribution >= 0.6 is 0 Å². The van der Waals surface area contributed by atoms with Crippen molar-refractivity contribution in [2.24, 2.45) is 0 Å². The predicted molar refractivity (Wildman–Crippen MR) is 127 cm³/mol. The Morgan fingerprint density at radius 2 is 1.70 bits per heavy atom. The quantitative estimate of drug-likeness (QED) is 0.426. The summed E-state index contributed by atoms with van der Waals surface area (Å²) in [6, 6.07) is 16.4. The van der Waals surface area contributed by atoms with Crippen molar-refractivity contribution in [3.8, 4) is 0 Å². The third-order valence-corrected chi connectivity index (χ3v) is 7.38. The largest absolute Gasteiger partial charge is 0.460 e. The Morgan fingerprint density at radius 1 is 1.06 bits per heavy atom. The van der Waals surface area contributed by atoms with Crippen LogP contribution in [-0.2, 0) is 36.5 Å². The summed E-state index contributed by atoms with van der Waals surface area (Å²) in [5, 5.41) is 2.76. The van der Waals surface area contributed by atoms with Gasteiger partial charge >= 0.3 is 5.97 Å². The Labute approximate surface area is 195 Å². The molecule has 8 heteroatoms. The number of piperidine rings is 1. The van der Waals surface area contributed by atoms with E-state index in [1.807, 2.05) is 36.4 Å². The molecular formula is C25H30N2O5S. The number of hydrogen-bond acceptors (Lipinski definition) is 5. The SMILES string of the molecule is C=CCOC(=O)[C@H](Cc1ccccc1)NC(=O)[C@@H]1CCCCN1S(=O)(=O)Cc1ccccc1. The molecule has 0 spiro atoms. The lowest BCUT2D eigenvalue weighted by molar-refractivity contribution is -0.147. The van der Waals surface area contributed by atoms with Crippen molar-refractivity contribution < 1.29 is 22.7 Å². The monoisotopic (exact) mass is 470 g/mol. The number of carbonyl (C=O) groups excluding carboxylic acids is 2. The van der Waals surface area contributed by atoms with Gasteiger partial charge in [0.05, 0.1) is 5.75 Å².